The van der Waals surface area contributed by atoms with Gasteiger partial charge in [0, 0.05) is 17.7 Å². The van der Waals surface area contributed by atoms with Gasteiger partial charge in [0.2, 0.25) is 0 Å². The molecule has 0 amide bonds. The Hall–Kier alpha value is -2.40. The van der Waals surface area contributed by atoms with Crippen LogP contribution in [0.15, 0.2) is 36.4 Å². The van der Waals surface area contributed by atoms with Gasteiger partial charge in [-0.15, -0.1) is 0 Å². The van der Waals surface area contributed by atoms with Crippen LogP contribution in [0.25, 0.3) is 22.2 Å². The normalized spacial score (nSPS) is 10.9. The van der Waals surface area contributed by atoms with Crippen LogP contribution in [0.4, 0.5) is 4.39 Å². The summed E-state index contributed by atoms with van der Waals surface area (Å²) in [7, 11) is 1.59. The molecule has 0 spiro atoms. The maximum Gasteiger partial charge on any atom is 0.134 e. The second-order valence-corrected chi connectivity index (χ2v) is 4.47. The van der Waals surface area contributed by atoms with E-state index in [2.05, 4.69) is 10.2 Å². The average molecular weight is 271 g/mol. The molecule has 0 radical (unpaired) electrons. The van der Waals surface area contributed by atoms with Crippen molar-refractivity contribution in [1.82, 2.24) is 10.2 Å². The quantitative estimate of drug-likeness (QED) is 0.770. The van der Waals surface area contributed by atoms with Gasteiger partial charge in [-0.05, 0) is 18.2 Å². The minimum Gasteiger partial charge on any atom is -0.496 e. The van der Waals surface area contributed by atoms with Crippen LogP contribution >= 0.6 is 0 Å². The van der Waals surface area contributed by atoms with E-state index in [0.29, 0.717) is 23.6 Å². The molecular weight excluding hydrogens is 257 g/mol. The Morgan fingerprint density at radius 1 is 1.30 bits per heavy atom. The first-order valence-corrected chi connectivity index (χ1v) is 6.24. The predicted octanol–water partition coefficient (Wildman–Crippen LogP) is 2.84. The van der Waals surface area contributed by atoms with Crippen molar-refractivity contribution in [2.24, 2.45) is 5.73 Å². The Morgan fingerprint density at radius 2 is 2.15 bits per heavy atom. The van der Waals surface area contributed by atoms with Gasteiger partial charge in [-0.25, -0.2) is 4.39 Å². The molecule has 0 aliphatic heterocycles. The first-order chi connectivity index (χ1) is 9.74. The summed E-state index contributed by atoms with van der Waals surface area (Å²) in [4.78, 5) is 0. The van der Waals surface area contributed by atoms with E-state index in [1.54, 1.807) is 13.2 Å². The molecule has 2 aromatic carbocycles. The molecule has 3 aromatic rings. The zero-order valence-corrected chi connectivity index (χ0v) is 11.0. The van der Waals surface area contributed by atoms with Crippen molar-refractivity contribution in [3.05, 3.63) is 47.8 Å². The fraction of sp³-hybridized carbons (Fsp3) is 0.133. The third-order valence-corrected chi connectivity index (χ3v) is 3.29. The van der Waals surface area contributed by atoms with E-state index in [1.807, 2.05) is 18.2 Å². The first kappa shape index (κ1) is 12.6. The Kier molecular flexibility index (Phi) is 3.12. The van der Waals surface area contributed by atoms with Crippen LogP contribution in [-0.2, 0) is 6.54 Å². The number of nitrogens with zero attached hydrogens (tertiary/aromatic N) is 1. The number of benzene rings is 2. The third-order valence-electron chi connectivity index (χ3n) is 3.29. The van der Waals surface area contributed by atoms with Gasteiger partial charge in [0.25, 0.3) is 0 Å². The van der Waals surface area contributed by atoms with Crippen LogP contribution in [0.1, 0.15) is 5.56 Å². The molecule has 0 saturated heterocycles. The Bertz CT molecular complexity index is 767. The van der Waals surface area contributed by atoms with Gasteiger partial charge in [0.15, 0.2) is 0 Å². The average Bonchev–Trinajstić information content (AvgIpc) is 2.90. The summed E-state index contributed by atoms with van der Waals surface area (Å²) in [5, 5.41) is 8.04. The number of fused-ring (bicyclic) bond motifs is 1. The van der Waals surface area contributed by atoms with E-state index >= 15 is 0 Å². The van der Waals surface area contributed by atoms with Gasteiger partial charge in [-0.2, -0.15) is 5.10 Å². The van der Waals surface area contributed by atoms with Crippen molar-refractivity contribution in [1.29, 1.82) is 0 Å². The standard InChI is InChI=1S/C15H14FN3O/c1-20-15-10(8-17)5-6-12-13(15)14(19-18-12)9-3-2-4-11(16)7-9/h2-7H,8,17H2,1H3,(H,18,19). The van der Waals surface area contributed by atoms with Crippen molar-refractivity contribution >= 4 is 10.9 Å². The van der Waals surface area contributed by atoms with Gasteiger partial charge in [-0.1, -0.05) is 18.2 Å². The maximum atomic E-state index is 13.4. The lowest BCUT2D eigenvalue weighted by molar-refractivity contribution is 0.415. The summed E-state index contributed by atoms with van der Waals surface area (Å²) < 4.78 is 18.9. The second kappa shape index (κ2) is 4.94. The molecule has 1 aromatic heterocycles. The molecule has 0 aliphatic carbocycles. The van der Waals surface area contributed by atoms with Crippen molar-refractivity contribution in [2.75, 3.05) is 7.11 Å². The molecule has 3 rings (SSSR count). The smallest absolute Gasteiger partial charge is 0.134 e. The summed E-state index contributed by atoms with van der Waals surface area (Å²) in [5.41, 5.74) is 8.80. The van der Waals surface area contributed by atoms with Gasteiger partial charge in [0.1, 0.15) is 17.3 Å². The minimum atomic E-state index is -0.299. The Morgan fingerprint density at radius 3 is 2.85 bits per heavy atom. The van der Waals surface area contributed by atoms with E-state index in [4.69, 9.17) is 10.5 Å². The summed E-state index contributed by atoms with van der Waals surface area (Å²) in [6, 6.07) is 10.1. The summed E-state index contributed by atoms with van der Waals surface area (Å²) in [6.07, 6.45) is 0. The van der Waals surface area contributed by atoms with E-state index < -0.39 is 0 Å². The van der Waals surface area contributed by atoms with Crippen molar-refractivity contribution in [2.45, 2.75) is 6.54 Å². The zero-order valence-electron chi connectivity index (χ0n) is 11.0. The number of aromatic amines is 1. The predicted molar refractivity (Wildman–Crippen MR) is 75.9 cm³/mol. The number of methoxy groups -OCH3 is 1. The molecule has 4 nitrogen and oxygen atoms in total. The fourth-order valence-electron chi connectivity index (χ4n) is 2.36. The number of hydrogen-bond acceptors (Lipinski definition) is 3. The number of ether oxygens (including phenoxy) is 1. The van der Waals surface area contributed by atoms with Gasteiger partial charge < -0.3 is 10.5 Å². The highest BCUT2D eigenvalue weighted by Crippen LogP contribution is 2.36. The van der Waals surface area contributed by atoms with Crippen molar-refractivity contribution in [3.8, 4) is 17.0 Å². The van der Waals surface area contributed by atoms with E-state index in [9.17, 15) is 4.39 Å². The molecule has 3 N–H and O–H groups in total. The third kappa shape index (κ3) is 1.92. The van der Waals surface area contributed by atoms with Gasteiger partial charge >= 0.3 is 0 Å². The lowest BCUT2D eigenvalue weighted by Crippen LogP contribution is -2.00. The number of halogens is 1. The molecule has 20 heavy (non-hydrogen) atoms. The number of nitrogens with two attached hydrogens (primary N) is 1. The molecule has 5 heteroatoms. The topological polar surface area (TPSA) is 63.9 Å². The SMILES string of the molecule is COc1c(CN)ccc2[nH]nc(-c3cccc(F)c3)c12. The van der Waals surface area contributed by atoms with Crippen LogP contribution in [-0.4, -0.2) is 17.3 Å². The van der Waals surface area contributed by atoms with Crippen LogP contribution < -0.4 is 10.5 Å². The Balaban J connectivity index is 2.31. The van der Waals surface area contributed by atoms with Crippen LogP contribution in [0.2, 0.25) is 0 Å². The summed E-state index contributed by atoms with van der Waals surface area (Å²) in [5.74, 6) is 0.380. The number of nitrogens with one attached hydrogen (secondary N) is 1. The Labute approximate surface area is 115 Å². The molecular formula is C15H14FN3O. The molecule has 0 atom stereocenters. The lowest BCUT2D eigenvalue weighted by atomic mass is 10.0. The van der Waals surface area contributed by atoms with Gasteiger partial charge in [0.05, 0.1) is 18.0 Å². The fourth-order valence-corrected chi connectivity index (χ4v) is 2.36. The summed E-state index contributed by atoms with van der Waals surface area (Å²) in [6.45, 7) is 0.368. The minimum absolute atomic E-state index is 0.299. The van der Waals surface area contributed by atoms with Crippen molar-refractivity contribution < 1.29 is 9.13 Å². The van der Waals surface area contributed by atoms with Crippen LogP contribution in [0.5, 0.6) is 5.75 Å². The lowest BCUT2D eigenvalue weighted by Gasteiger charge is -2.09. The highest BCUT2D eigenvalue weighted by atomic mass is 19.1. The highest BCUT2D eigenvalue weighted by molar-refractivity contribution is 5.98. The molecule has 0 fully saturated rings. The summed E-state index contributed by atoms with van der Waals surface area (Å²) >= 11 is 0. The number of hydrogen-bond donors (Lipinski definition) is 2. The van der Waals surface area contributed by atoms with Crippen LogP contribution in [0, 0.1) is 5.82 Å². The van der Waals surface area contributed by atoms with E-state index in [1.165, 1.54) is 12.1 Å². The molecule has 0 saturated carbocycles. The van der Waals surface area contributed by atoms with E-state index in [-0.39, 0.29) is 5.82 Å². The maximum absolute atomic E-state index is 13.4. The first-order valence-electron chi connectivity index (χ1n) is 6.24. The molecule has 1 heterocycles. The zero-order chi connectivity index (χ0) is 14.1. The van der Waals surface area contributed by atoms with E-state index in [0.717, 1.165) is 16.5 Å². The number of H-pyrrole nitrogens is 1. The molecule has 0 aliphatic rings. The number of aromatic nitrogens is 2. The van der Waals surface area contributed by atoms with Gasteiger partial charge in [-0.3, -0.25) is 5.10 Å². The highest BCUT2D eigenvalue weighted by Gasteiger charge is 2.16. The largest absolute Gasteiger partial charge is 0.496 e. The number of rotatable bonds is 3. The van der Waals surface area contributed by atoms with Crippen LogP contribution in [0.3, 0.4) is 0 Å². The molecule has 0 bridgehead atoms. The molecule has 102 valence electrons. The molecule has 0 unspecified atom stereocenters. The second-order valence-electron chi connectivity index (χ2n) is 4.47. The monoisotopic (exact) mass is 271 g/mol. The van der Waals surface area contributed by atoms with Crippen molar-refractivity contribution in [3.63, 3.8) is 0 Å².